The number of sulfone groups is 1. The molecular formula is C19H15BrF3N3O4S3. The van der Waals surface area contributed by atoms with Crippen molar-refractivity contribution in [3.05, 3.63) is 57.3 Å². The average Bonchev–Trinajstić information content (AvgIpc) is 3.23. The van der Waals surface area contributed by atoms with E-state index in [9.17, 15) is 26.4 Å². The Morgan fingerprint density at radius 3 is 2.52 bits per heavy atom. The van der Waals surface area contributed by atoms with E-state index in [-0.39, 0.29) is 21.2 Å². The van der Waals surface area contributed by atoms with Gasteiger partial charge in [-0.05, 0) is 45.9 Å². The third-order valence-electron chi connectivity index (χ3n) is 4.23. The van der Waals surface area contributed by atoms with Crippen LogP contribution >= 0.6 is 39.0 Å². The monoisotopic (exact) mass is 581 g/mol. The van der Waals surface area contributed by atoms with Crippen molar-refractivity contribution in [2.45, 2.75) is 26.7 Å². The highest BCUT2D eigenvalue weighted by molar-refractivity contribution is 9.10. The number of aromatic nitrogens is 2. The van der Waals surface area contributed by atoms with Crippen LogP contribution in [0.5, 0.6) is 0 Å². The predicted octanol–water partition coefficient (Wildman–Crippen LogP) is 5.27. The molecule has 176 valence electrons. The van der Waals surface area contributed by atoms with Gasteiger partial charge >= 0.3 is 12.1 Å². The first-order chi connectivity index (χ1) is 15.5. The summed E-state index contributed by atoms with van der Waals surface area (Å²) in [4.78, 5) is 19.4. The van der Waals surface area contributed by atoms with Gasteiger partial charge in [-0.3, -0.25) is 4.98 Å². The summed E-state index contributed by atoms with van der Waals surface area (Å²) in [5, 5.41) is 2.92. The highest BCUT2D eigenvalue weighted by atomic mass is 79.9. The summed E-state index contributed by atoms with van der Waals surface area (Å²) in [7, 11) is -2.77. The molecule has 0 saturated carbocycles. The van der Waals surface area contributed by atoms with Crippen LogP contribution in [0.1, 0.15) is 20.9 Å². The molecule has 0 radical (unpaired) electrons. The number of halogens is 4. The molecule has 0 amide bonds. The van der Waals surface area contributed by atoms with Crippen LogP contribution in [0.4, 0.5) is 19.0 Å². The van der Waals surface area contributed by atoms with Crippen LogP contribution in [0.15, 0.2) is 55.1 Å². The highest BCUT2D eigenvalue weighted by Gasteiger charge is 2.32. The van der Waals surface area contributed by atoms with E-state index in [1.165, 1.54) is 37.1 Å². The number of rotatable bonds is 7. The van der Waals surface area contributed by atoms with Gasteiger partial charge in [-0.1, -0.05) is 6.07 Å². The van der Waals surface area contributed by atoms with Crippen LogP contribution in [0, 0.1) is 0 Å². The number of carbonyl (C=O) groups is 1. The van der Waals surface area contributed by atoms with Gasteiger partial charge in [-0.15, -0.1) is 23.1 Å². The topological polar surface area (TPSA) is 98.3 Å². The first-order valence-corrected chi connectivity index (χ1v) is 13.2. The molecule has 3 aromatic heterocycles. The SMILES string of the molecule is COC(=O)c1cc(S(=O)(=O)c2cnc(NCc3ccc(C(F)(F)F)nc3)c(Br)c2)c(SC)s1. The molecule has 0 aliphatic heterocycles. The summed E-state index contributed by atoms with van der Waals surface area (Å²) >= 11 is 5.48. The molecule has 0 aromatic carbocycles. The minimum absolute atomic E-state index is 0.0226. The van der Waals surface area contributed by atoms with Crippen molar-refractivity contribution in [3.63, 3.8) is 0 Å². The van der Waals surface area contributed by atoms with Crippen LogP contribution in [0.25, 0.3) is 0 Å². The second kappa shape index (κ2) is 9.99. The summed E-state index contributed by atoms with van der Waals surface area (Å²) < 4.78 is 69.6. The molecule has 0 unspecified atom stereocenters. The summed E-state index contributed by atoms with van der Waals surface area (Å²) in [6.45, 7) is 0.118. The maximum Gasteiger partial charge on any atom is 0.433 e. The first-order valence-electron chi connectivity index (χ1n) is 8.90. The number of hydrogen-bond acceptors (Lipinski definition) is 9. The van der Waals surface area contributed by atoms with Gasteiger partial charge < -0.3 is 10.1 Å². The zero-order chi connectivity index (χ0) is 24.4. The van der Waals surface area contributed by atoms with Crippen molar-refractivity contribution in [3.8, 4) is 0 Å². The minimum Gasteiger partial charge on any atom is -0.465 e. The maximum atomic E-state index is 13.2. The molecule has 0 bridgehead atoms. The lowest BCUT2D eigenvalue weighted by Crippen LogP contribution is -2.09. The zero-order valence-electron chi connectivity index (χ0n) is 16.9. The predicted molar refractivity (Wildman–Crippen MR) is 121 cm³/mol. The Kier molecular flexibility index (Phi) is 7.71. The molecule has 33 heavy (non-hydrogen) atoms. The van der Waals surface area contributed by atoms with Gasteiger partial charge in [0.2, 0.25) is 9.84 Å². The summed E-state index contributed by atoms with van der Waals surface area (Å²) in [5.41, 5.74) is -0.514. The fourth-order valence-corrected chi connectivity index (χ4v) is 7.12. The molecule has 0 saturated heterocycles. The largest absolute Gasteiger partial charge is 0.465 e. The quantitative estimate of drug-likeness (QED) is 0.297. The van der Waals surface area contributed by atoms with E-state index in [1.807, 2.05) is 0 Å². The van der Waals surface area contributed by atoms with E-state index in [0.717, 1.165) is 29.8 Å². The Hall–Kier alpha value is -2.16. The first kappa shape index (κ1) is 25.5. The molecule has 1 N–H and O–H groups in total. The number of ether oxygens (including phenoxy) is 1. The molecule has 7 nitrogen and oxygen atoms in total. The molecule has 0 spiro atoms. The molecule has 0 aliphatic carbocycles. The van der Waals surface area contributed by atoms with Crippen LogP contribution in [-0.2, 0) is 27.3 Å². The van der Waals surface area contributed by atoms with Crippen LogP contribution < -0.4 is 5.32 Å². The van der Waals surface area contributed by atoms with Crippen LogP contribution in [0.2, 0.25) is 0 Å². The standard InChI is InChI=1S/C19H15BrF3N3O4S3/c1-30-17(27)13-6-14(18(31-2)32-13)33(28,29)11-5-12(20)16(26-9-11)25-8-10-3-4-15(24-7-10)19(21,22)23/h3-7,9H,8H2,1-2H3,(H,25,26). The van der Waals surface area contributed by atoms with Crippen molar-refractivity contribution in [2.24, 2.45) is 0 Å². The van der Waals surface area contributed by atoms with Gasteiger partial charge in [0.05, 0.1) is 25.6 Å². The van der Waals surface area contributed by atoms with E-state index >= 15 is 0 Å². The fourth-order valence-electron chi connectivity index (χ4n) is 2.60. The van der Waals surface area contributed by atoms with Gasteiger partial charge in [-0.2, -0.15) is 13.2 Å². The molecule has 0 aliphatic rings. The van der Waals surface area contributed by atoms with Gasteiger partial charge in [0.1, 0.15) is 16.4 Å². The van der Waals surface area contributed by atoms with E-state index in [1.54, 1.807) is 6.26 Å². The number of carbonyl (C=O) groups excluding carboxylic acids is 1. The lowest BCUT2D eigenvalue weighted by atomic mass is 10.2. The number of nitrogens with one attached hydrogen (secondary N) is 1. The molecular weight excluding hydrogens is 567 g/mol. The molecule has 14 heteroatoms. The zero-order valence-corrected chi connectivity index (χ0v) is 21.0. The Morgan fingerprint density at radius 1 is 1.24 bits per heavy atom. The molecule has 3 aromatic rings. The number of pyridine rings is 2. The Labute approximate surface area is 203 Å². The number of hydrogen-bond donors (Lipinski definition) is 1. The number of anilines is 1. The average molecular weight is 582 g/mol. The number of alkyl halides is 3. The van der Waals surface area contributed by atoms with Crippen molar-refractivity contribution in [1.29, 1.82) is 0 Å². The van der Waals surface area contributed by atoms with Gasteiger partial charge in [0.25, 0.3) is 0 Å². The lowest BCUT2D eigenvalue weighted by Gasteiger charge is -2.11. The van der Waals surface area contributed by atoms with E-state index in [4.69, 9.17) is 0 Å². The summed E-state index contributed by atoms with van der Waals surface area (Å²) in [6.07, 6.45) is -0.563. The number of esters is 1. The van der Waals surface area contributed by atoms with Crippen molar-refractivity contribution in [2.75, 3.05) is 18.7 Å². The normalized spacial score (nSPS) is 11.9. The highest BCUT2D eigenvalue weighted by Crippen LogP contribution is 2.38. The van der Waals surface area contributed by atoms with Crippen molar-refractivity contribution >= 4 is 60.7 Å². The Morgan fingerprint density at radius 2 is 1.97 bits per heavy atom. The number of thiophene rings is 1. The van der Waals surface area contributed by atoms with Gasteiger partial charge in [0, 0.05) is 18.9 Å². The Bertz CT molecular complexity index is 1280. The fraction of sp³-hybridized carbons (Fsp3) is 0.211. The van der Waals surface area contributed by atoms with E-state index in [0.29, 0.717) is 20.1 Å². The third-order valence-corrected chi connectivity index (χ3v) is 9.09. The van der Waals surface area contributed by atoms with E-state index in [2.05, 4.69) is 36.0 Å². The third kappa shape index (κ3) is 5.67. The van der Waals surface area contributed by atoms with Crippen LogP contribution in [0.3, 0.4) is 0 Å². The second-order valence-corrected chi connectivity index (χ2v) is 11.3. The minimum atomic E-state index is -4.52. The Balaban J connectivity index is 1.81. The van der Waals surface area contributed by atoms with Gasteiger partial charge in [0.15, 0.2) is 0 Å². The number of methoxy groups -OCH3 is 1. The van der Waals surface area contributed by atoms with E-state index < -0.39 is 27.7 Å². The number of nitrogens with zero attached hydrogens (tertiary/aromatic N) is 2. The molecule has 3 rings (SSSR count). The van der Waals surface area contributed by atoms with Gasteiger partial charge in [-0.25, -0.2) is 18.2 Å². The molecule has 0 fully saturated rings. The maximum absolute atomic E-state index is 13.2. The second-order valence-electron chi connectivity index (χ2n) is 6.37. The van der Waals surface area contributed by atoms with Crippen molar-refractivity contribution < 1.29 is 31.1 Å². The lowest BCUT2D eigenvalue weighted by molar-refractivity contribution is -0.141. The summed E-state index contributed by atoms with van der Waals surface area (Å²) in [5.74, 6) is -0.340. The molecule has 3 heterocycles. The smallest absolute Gasteiger partial charge is 0.433 e. The van der Waals surface area contributed by atoms with Crippen molar-refractivity contribution in [1.82, 2.24) is 9.97 Å². The number of thioether (sulfide) groups is 1. The van der Waals surface area contributed by atoms with Crippen LogP contribution in [-0.4, -0.2) is 37.7 Å². The summed E-state index contributed by atoms with van der Waals surface area (Å²) in [6, 6.07) is 4.79. The molecule has 0 atom stereocenters.